The normalized spacial score (nSPS) is 12.3. The number of methoxy groups -OCH3 is 1. The van der Waals surface area contributed by atoms with Gasteiger partial charge in [0.15, 0.2) is 5.96 Å². The van der Waals surface area contributed by atoms with Crippen LogP contribution in [-0.4, -0.2) is 32.1 Å². The Hall–Kier alpha value is -0.830. The molecule has 21 heavy (non-hydrogen) atoms. The summed E-state index contributed by atoms with van der Waals surface area (Å²) in [6.45, 7) is 7.84. The molecule has 7 heteroatoms. The predicted molar refractivity (Wildman–Crippen MR) is 98.5 cm³/mol. The third-order valence-corrected chi connectivity index (χ3v) is 3.70. The summed E-state index contributed by atoms with van der Waals surface area (Å²) in [7, 11) is 1.40. The molecule has 0 saturated heterocycles. The average Bonchev–Trinajstić information content (AvgIpc) is 2.86. The lowest BCUT2D eigenvalue weighted by Gasteiger charge is -2.14. The zero-order valence-electron chi connectivity index (χ0n) is 12.9. The Morgan fingerprint density at radius 2 is 2.14 bits per heavy atom. The van der Waals surface area contributed by atoms with Gasteiger partial charge >= 0.3 is 5.97 Å². The molecule has 1 heterocycles. The second kappa shape index (κ2) is 10.8. The Morgan fingerprint density at radius 3 is 2.67 bits per heavy atom. The van der Waals surface area contributed by atoms with Gasteiger partial charge in [-0.25, -0.2) is 4.99 Å². The van der Waals surface area contributed by atoms with Crippen LogP contribution in [0.2, 0.25) is 0 Å². The van der Waals surface area contributed by atoms with Crippen molar-refractivity contribution in [1.29, 1.82) is 0 Å². The van der Waals surface area contributed by atoms with Crippen molar-refractivity contribution in [2.45, 2.75) is 27.3 Å². The molecule has 0 aliphatic rings. The van der Waals surface area contributed by atoms with Crippen molar-refractivity contribution in [3.05, 3.63) is 21.9 Å². The fourth-order valence-corrected chi connectivity index (χ4v) is 2.42. The monoisotopic (exact) mass is 425 g/mol. The molecule has 0 fully saturated rings. The number of carbonyl (C=O) groups excluding carboxylic acids is 1. The minimum absolute atomic E-state index is 0. The number of esters is 1. The molecule has 0 aliphatic carbocycles. The van der Waals surface area contributed by atoms with Crippen LogP contribution in [0.1, 0.15) is 23.6 Å². The van der Waals surface area contributed by atoms with Gasteiger partial charge in [0.25, 0.3) is 0 Å². The van der Waals surface area contributed by atoms with Gasteiger partial charge in [0.2, 0.25) is 0 Å². The Balaban J connectivity index is 0.00000400. The van der Waals surface area contributed by atoms with Crippen LogP contribution >= 0.6 is 35.3 Å². The first-order valence-corrected chi connectivity index (χ1v) is 7.53. The summed E-state index contributed by atoms with van der Waals surface area (Å²) in [5, 5.41) is 6.32. The average molecular weight is 425 g/mol. The summed E-state index contributed by atoms with van der Waals surface area (Å²) < 4.78 is 4.70. The Kier molecular flexibility index (Phi) is 10.4. The highest BCUT2D eigenvalue weighted by Gasteiger charge is 2.13. The molecule has 120 valence electrons. The van der Waals surface area contributed by atoms with Crippen molar-refractivity contribution in [2.75, 3.05) is 20.2 Å². The van der Waals surface area contributed by atoms with E-state index >= 15 is 0 Å². The molecule has 1 rings (SSSR count). The van der Waals surface area contributed by atoms with Crippen LogP contribution in [0, 0.1) is 12.8 Å². The van der Waals surface area contributed by atoms with Crippen LogP contribution in [0.15, 0.2) is 17.1 Å². The maximum Gasteiger partial charge on any atom is 0.310 e. The second-order valence-electron chi connectivity index (χ2n) is 4.51. The van der Waals surface area contributed by atoms with Crippen molar-refractivity contribution in [2.24, 2.45) is 10.9 Å². The smallest absolute Gasteiger partial charge is 0.310 e. The number of aliphatic imine (C=N–C) groups is 1. The highest BCUT2D eigenvalue weighted by Crippen LogP contribution is 2.15. The molecule has 5 nitrogen and oxygen atoms in total. The van der Waals surface area contributed by atoms with Crippen LogP contribution in [0.3, 0.4) is 0 Å². The van der Waals surface area contributed by atoms with Crippen molar-refractivity contribution < 1.29 is 9.53 Å². The lowest BCUT2D eigenvalue weighted by molar-refractivity contribution is -0.144. The number of nitrogens with one attached hydrogen (secondary N) is 2. The van der Waals surface area contributed by atoms with Gasteiger partial charge in [0, 0.05) is 22.8 Å². The Morgan fingerprint density at radius 1 is 1.43 bits per heavy atom. The molecular formula is C14H24IN3O2S. The summed E-state index contributed by atoms with van der Waals surface area (Å²) in [5.41, 5.74) is 0. The topological polar surface area (TPSA) is 62.7 Å². The highest BCUT2D eigenvalue weighted by atomic mass is 127. The first-order chi connectivity index (χ1) is 9.56. The zero-order valence-corrected chi connectivity index (χ0v) is 16.1. The van der Waals surface area contributed by atoms with E-state index in [9.17, 15) is 4.79 Å². The summed E-state index contributed by atoms with van der Waals surface area (Å²) in [4.78, 5) is 18.4. The van der Waals surface area contributed by atoms with Gasteiger partial charge in [-0.15, -0.1) is 35.3 Å². The number of halogens is 1. The molecule has 0 radical (unpaired) electrons. The molecule has 0 aliphatic heterocycles. The third-order valence-electron chi connectivity index (χ3n) is 2.71. The van der Waals surface area contributed by atoms with Gasteiger partial charge < -0.3 is 15.4 Å². The van der Waals surface area contributed by atoms with Crippen molar-refractivity contribution in [1.82, 2.24) is 10.6 Å². The number of hydrogen-bond acceptors (Lipinski definition) is 4. The van der Waals surface area contributed by atoms with E-state index in [0.717, 1.165) is 6.54 Å². The maximum absolute atomic E-state index is 11.3. The van der Waals surface area contributed by atoms with E-state index in [1.54, 1.807) is 11.3 Å². The summed E-state index contributed by atoms with van der Waals surface area (Å²) in [6, 6.07) is 4.18. The zero-order chi connectivity index (χ0) is 15.0. The van der Waals surface area contributed by atoms with E-state index in [1.807, 2.05) is 13.8 Å². The van der Waals surface area contributed by atoms with Crippen LogP contribution in [0.25, 0.3) is 0 Å². The SMILES string of the molecule is CCNC(=NCc1ccc(C)s1)NCC(C)C(=O)OC.I. The number of aryl methyl sites for hydroxylation is 1. The van der Waals surface area contributed by atoms with Gasteiger partial charge in [-0.2, -0.15) is 0 Å². The first kappa shape index (κ1) is 20.2. The van der Waals surface area contributed by atoms with Crippen LogP contribution in [-0.2, 0) is 16.1 Å². The van der Waals surface area contributed by atoms with Gasteiger partial charge in [-0.1, -0.05) is 6.92 Å². The molecule has 2 N–H and O–H groups in total. The molecular weight excluding hydrogens is 401 g/mol. The molecule has 1 aromatic heterocycles. The number of guanidine groups is 1. The molecule has 1 unspecified atom stereocenters. The molecule has 0 aromatic carbocycles. The molecule has 0 amide bonds. The fraction of sp³-hybridized carbons (Fsp3) is 0.571. The molecule has 0 bridgehead atoms. The minimum Gasteiger partial charge on any atom is -0.469 e. The lowest BCUT2D eigenvalue weighted by atomic mass is 10.2. The minimum atomic E-state index is -0.220. The van der Waals surface area contributed by atoms with Crippen LogP contribution in [0.4, 0.5) is 0 Å². The highest BCUT2D eigenvalue weighted by molar-refractivity contribution is 14.0. The molecule has 1 aromatic rings. The molecule has 0 spiro atoms. The number of carbonyl (C=O) groups is 1. The van der Waals surface area contributed by atoms with Gasteiger partial charge in [0.05, 0.1) is 19.6 Å². The largest absolute Gasteiger partial charge is 0.469 e. The lowest BCUT2D eigenvalue weighted by Crippen LogP contribution is -2.40. The fourth-order valence-electron chi connectivity index (χ4n) is 1.60. The maximum atomic E-state index is 11.3. The number of ether oxygens (including phenoxy) is 1. The van der Waals surface area contributed by atoms with Crippen LogP contribution in [0.5, 0.6) is 0 Å². The van der Waals surface area contributed by atoms with E-state index in [4.69, 9.17) is 4.74 Å². The summed E-state index contributed by atoms with van der Waals surface area (Å²) in [5.74, 6) is 0.296. The molecule has 1 atom stereocenters. The van der Waals surface area contributed by atoms with Crippen molar-refractivity contribution in [3.8, 4) is 0 Å². The number of nitrogens with zero attached hydrogens (tertiary/aromatic N) is 1. The summed E-state index contributed by atoms with van der Waals surface area (Å²) >= 11 is 1.74. The first-order valence-electron chi connectivity index (χ1n) is 6.72. The standard InChI is InChI=1S/C14H23N3O2S.HI/c1-5-15-14(16-8-10(2)13(18)19-4)17-9-12-7-6-11(3)20-12;/h6-7,10H,5,8-9H2,1-4H3,(H2,15,16,17);1H. The van der Waals surface area contributed by atoms with Gasteiger partial charge in [-0.3, -0.25) is 4.79 Å². The third kappa shape index (κ3) is 7.66. The summed E-state index contributed by atoms with van der Waals surface area (Å²) in [6.07, 6.45) is 0. The van der Waals surface area contributed by atoms with Crippen molar-refractivity contribution >= 4 is 47.2 Å². The quantitative estimate of drug-likeness (QED) is 0.318. The van der Waals surface area contributed by atoms with E-state index in [0.29, 0.717) is 19.0 Å². The van der Waals surface area contributed by atoms with E-state index in [2.05, 4.69) is 34.7 Å². The van der Waals surface area contributed by atoms with Gasteiger partial charge in [0.1, 0.15) is 0 Å². The Bertz CT molecular complexity index is 463. The number of hydrogen-bond donors (Lipinski definition) is 2. The second-order valence-corrected chi connectivity index (χ2v) is 5.89. The van der Waals surface area contributed by atoms with Crippen LogP contribution < -0.4 is 10.6 Å². The van der Waals surface area contributed by atoms with E-state index in [-0.39, 0.29) is 35.9 Å². The number of thiophene rings is 1. The van der Waals surface area contributed by atoms with E-state index in [1.165, 1.54) is 16.9 Å². The Labute approximate surface area is 147 Å². The van der Waals surface area contributed by atoms with E-state index < -0.39 is 0 Å². The molecule has 0 saturated carbocycles. The number of rotatable bonds is 6. The van der Waals surface area contributed by atoms with Gasteiger partial charge in [-0.05, 0) is 26.0 Å². The van der Waals surface area contributed by atoms with Crippen molar-refractivity contribution in [3.63, 3.8) is 0 Å². The predicted octanol–water partition coefficient (Wildman–Crippen LogP) is 2.54.